The van der Waals surface area contributed by atoms with Crippen molar-refractivity contribution in [1.29, 1.82) is 0 Å². The van der Waals surface area contributed by atoms with Gasteiger partial charge in [-0.1, -0.05) is 0 Å². The van der Waals surface area contributed by atoms with Crippen molar-refractivity contribution in [3.05, 3.63) is 44.0 Å². The third kappa shape index (κ3) is 9.58. The molecular weight excluding hydrogens is 696 g/mol. The van der Waals surface area contributed by atoms with E-state index in [9.17, 15) is 58.8 Å². The number of phosphoric acid groups is 2. The van der Waals surface area contributed by atoms with E-state index in [1.165, 1.54) is 12.1 Å². The number of phosphoric ester groups is 2. The minimum absolute atomic E-state index is 0. The number of rotatable bonds is 11. The van der Waals surface area contributed by atoms with Gasteiger partial charge in [-0.3, -0.25) is 32.8 Å². The van der Waals surface area contributed by atoms with Crippen molar-refractivity contribution in [1.82, 2.24) is 9.55 Å². The van der Waals surface area contributed by atoms with Gasteiger partial charge in [0.15, 0.2) is 18.8 Å². The molecule has 2 fully saturated rings. The fourth-order valence-corrected chi connectivity index (χ4v) is 7.03. The molecule has 0 aliphatic carbocycles. The summed E-state index contributed by atoms with van der Waals surface area (Å²) >= 11 is 0.916. The van der Waals surface area contributed by atoms with Crippen LogP contribution in [0, 0.1) is 0 Å². The fraction of sp³-hybridized carbons (Fsp3) is 0.550. The first-order valence-corrected chi connectivity index (χ1v) is 15.7. The van der Waals surface area contributed by atoms with Gasteiger partial charge in [-0.2, -0.15) is 0 Å². The molecule has 2 aromatic heterocycles. The summed E-state index contributed by atoms with van der Waals surface area (Å²) in [5.74, 6) is 0. The molecule has 2 aromatic rings. The molecule has 4 heterocycles. The number of thiophene rings is 1. The Morgan fingerprint density at radius 1 is 0.956 bits per heavy atom. The Labute approximate surface area is 299 Å². The van der Waals surface area contributed by atoms with E-state index in [4.69, 9.17) is 14.6 Å². The zero-order chi connectivity index (χ0) is 31.9. The third-order valence-electron chi connectivity index (χ3n) is 6.27. The predicted molar refractivity (Wildman–Crippen MR) is 133 cm³/mol. The van der Waals surface area contributed by atoms with Crippen molar-refractivity contribution in [2.75, 3.05) is 13.2 Å². The first-order chi connectivity index (χ1) is 20.1. The second kappa shape index (κ2) is 16.6. The molecule has 2 aliphatic heterocycles. The number of carbonyl (C=O) groups is 1. The number of aldehydes is 1. The van der Waals surface area contributed by atoms with Crippen LogP contribution in [0.5, 0.6) is 0 Å². The second-order valence-electron chi connectivity index (χ2n) is 9.15. The number of carbonyl (C=O) groups excluding carboxylic acids is 1. The molecule has 45 heavy (non-hydrogen) atoms. The van der Waals surface area contributed by atoms with Crippen LogP contribution in [0.3, 0.4) is 0 Å². The van der Waals surface area contributed by atoms with Crippen molar-refractivity contribution in [2.24, 2.45) is 0 Å². The number of hydrogen-bond donors (Lipinski definition) is 7. The zero-order valence-electron chi connectivity index (χ0n) is 23.3. The SMILES string of the molecule is O=Cc1ccc(-c2cn([C@@H]3O[C@H](COP(=O)([O-])OP(=O)([O-])O[C@H]4O[C@H](CO)[C@H](O)[C@H](O)[C@H]4O)[C@@H](O)[C@H]3O)c(=O)[nH]c2=O)s1.[Na+].[Na+]. The topological polar surface area (TPSA) is 320 Å². The second-order valence-corrected chi connectivity index (χ2v) is 13.2. The number of nitrogens with zero attached hydrogens (tertiary/aromatic N) is 1. The molecule has 2 saturated heterocycles. The molecule has 20 nitrogen and oxygen atoms in total. The van der Waals surface area contributed by atoms with Gasteiger partial charge in [0.05, 0.1) is 23.7 Å². The maximum absolute atomic E-state index is 12.5. The maximum Gasteiger partial charge on any atom is 1.00 e. The average Bonchev–Trinajstić information content (AvgIpc) is 3.52. The summed E-state index contributed by atoms with van der Waals surface area (Å²) in [7, 11) is -11.8. The molecule has 2 unspecified atom stereocenters. The molecule has 0 amide bonds. The van der Waals surface area contributed by atoms with Gasteiger partial charge in [0, 0.05) is 11.1 Å². The molecule has 0 bridgehead atoms. The van der Waals surface area contributed by atoms with Crippen LogP contribution in [0.4, 0.5) is 0 Å². The first-order valence-electron chi connectivity index (χ1n) is 12.0. The number of nitrogens with one attached hydrogen (secondary N) is 1. The van der Waals surface area contributed by atoms with Crippen molar-refractivity contribution >= 4 is 33.3 Å². The fourth-order valence-electron chi connectivity index (χ4n) is 4.12. The Balaban J connectivity index is 0.00000353. The summed E-state index contributed by atoms with van der Waals surface area (Å²) in [5.41, 5.74) is -2.04. The Kier molecular flexibility index (Phi) is 15.2. The molecule has 11 atom stereocenters. The van der Waals surface area contributed by atoms with E-state index in [1.54, 1.807) is 0 Å². The van der Waals surface area contributed by atoms with Gasteiger partial charge >= 0.3 is 64.8 Å². The smallest absolute Gasteiger partial charge is 0.756 e. The molecule has 0 radical (unpaired) electrons. The van der Waals surface area contributed by atoms with Crippen LogP contribution in [0.25, 0.3) is 10.4 Å². The molecule has 0 aromatic carbocycles. The summed E-state index contributed by atoms with van der Waals surface area (Å²) in [6.07, 6.45) is -15.8. The molecule has 7 N–H and O–H groups in total. The number of hydrogen-bond acceptors (Lipinski definition) is 19. The third-order valence-corrected chi connectivity index (χ3v) is 9.84. The monoisotopic (exact) mass is 720 g/mol. The van der Waals surface area contributed by atoms with Crippen molar-refractivity contribution in [3.63, 3.8) is 0 Å². The molecule has 240 valence electrons. The van der Waals surface area contributed by atoms with E-state index < -0.39 is 95.4 Å². The predicted octanol–water partition coefficient (Wildman–Crippen LogP) is -10.5. The number of aliphatic hydroxyl groups excluding tert-OH is 6. The summed E-state index contributed by atoms with van der Waals surface area (Å²) in [6.45, 7) is -2.12. The zero-order valence-corrected chi connectivity index (χ0v) is 29.9. The van der Waals surface area contributed by atoms with Crippen LogP contribution in [0.15, 0.2) is 27.9 Å². The minimum Gasteiger partial charge on any atom is -0.756 e. The van der Waals surface area contributed by atoms with Crippen molar-refractivity contribution < 1.29 is 136 Å². The summed E-state index contributed by atoms with van der Waals surface area (Å²) < 4.78 is 47.8. The van der Waals surface area contributed by atoms with E-state index in [2.05, 4.69) is 13.4 Å². The number of aromatic nitrogens is 2. The van der Waals surface area contributed by atoms with E-state index in [1.807, 2.05) is 4.98 Å². The van der Waals surface area contributed by atoms with Gasteiger partial charge in [0.2, 0.25) is 0 Å². The van der Waals surface area contributed by atoms with Gasteiger partial charge in [-0.05, 0) is 12.1 Å². The largest absolute Gasteiger partial charge is 1.00 e. The van der Waals surface area contributed by atoms with Crippen molar-refractivity contribution in [3.8, 4) is 10.4 Å². The van der Waals surface area contributed by atoms with Crippen LogP contribution in [-0.4, -0.2) is 109 Å². The number of aromatic amines is 1. The van der Waals surface area contributed by atoms with Crippen LogP contribution in [0.2, 0.25) is 0 Å². The van der Waals surface area contributed by atoms with E-state index in [-0.39, 0.29) is 74.4 Å². The van der Waals surface area contributed by atoms with Gasteiger partial charge in [-0.15, -0.1) is 11.3 Å². The number of aliphatic hydroxyl groups is 6. The number of H-pyrrole nitrogens is 1. The maximum atomic E-state index is 12.5. The van der Waals surface area contributed by atoms with Gasteiger partial charge < -0.3 is 54.4 Å². The Morgan fingerprint density at radius 2 is 1.60 bits per heavy atom. The molecule has 0 saturated carbocycles. The minimum atomic E-state index is -5.96. The van der Waals surface area contributed by atoms with Crippen LogP contribution < -0.4 is 80.2 Å². The molecule has 25 heteroatoms. The quantitative estimate of drug-likeness (QED) is 0.0644. The Hall–Kier alpha value is -0.0100. The summed E-state index contributed by atoms with van der Waals surface area (Å²) in [6, 6.07) is 2.84. The summed E-state index contributed by atoms with van der Waals surface area (Å²) in [4.78, 5) is 62.6. The average molecular weight is 720 g/mol. The Bertz CT molecular complexity index is 1540. The molecule has 2 aliphatic rings. The normalized spacial score (nSPS) is 32.5. The Morgan fingerprint density at radius 3 is 2.20 bits per heavy atom. The summed E-state index contributed by atoms with van der Waals surface area (Å²) in [5, 5.41) is 59.3. The number of ether oxygens (including phenoxy) is 2. The van der Waals surface area contributed by atoms with Gasteiger partial charge in [-0.25, -0.2) is 9.11 Å². The first kappa shape index (κ1) is 41.2. The van der Waals surface area contributed by atoms with Crippen molar-refractivity contribution in [2.45, 2.75) is 55.2 Å². The standard InChI is InChI=1S/C20H26N2O18P2S.2Na/c23-4-7-1-2-11(43-7)8-3-22(20(31)21-17(8)30)18-15(28)13(26)10(37-18)6-36-41(32,33)40-42(34,35)39-19-16(29)14(27)12(25)9(5-24)38-19;;/h1-4,9-10,12-16,18-19,24-29H,5-6H2,(H,32,33)(H,34,35)(H,21,30,31);;/q;2*+1/p-2/t9-,10-,12+,13-,14+,15-,16-,18-,19-;;/m1../s1. The van der Waals surface area contributed by atoms with Gasteiger partial charge in [0.1, 0.15) is 42.7 Å². The molecule has 4 rings (SSSR count). The molecule has 0 spiro atoms. The van der Waals surface area contributed by atoms with Gasteiger partial charge in [0.25, 0.3) is 21.2 Å². The van der Waals surface area contributed by atoms with Crippen LogP contribution in [0.1, 0.15) is 15.9 Å². The van der Waals surface area contributed by atoms with Crippen LogP contribution >= 0.6 is 27.0 Å². The van der Waals surface area contributed by atoms with E-state index in [0.717, 1.165) is 17.5 Å². The van der Waals surface area contributed by atoms with Crippen LogP contribution in [-0.2, 0) is 32.0 Å². The van der Waals surface area contributed by atoms with E-state index in [0.29, 0.717) is 10.9 Å². The van der Waals surface area contributed by atoms with E-state index >= 15 is 0 Å². The molecular formula is C20H24N2Na2O18P2S.